The number of piperidine rings is 1. The van der Waals surface area contributed by atoms with E-state index in [0.29, 0.717) is 30.6 Å². The number of aromatic nitrogens is 3. The maximum absolute atomic E-state index is 12.3. The van der Waals surface area contributed by atoms with Gasteiger partial charge >= 0.3 is 0 Å². The summed E-state index contributed by atoms with van der Waals surface area (Å²) < 4.78 is 5.73. The summed E-state index contributed by atoms with van der Waals surface area (Å²) in [7, 11) is 0. The number of carbonyl (C=O) groups excluding carboxylic acids is 1. The summed E-state index contributed by atoms with van der Waals surface area (Å²) in [6.45, 7) is 5.45. The molecule has 1 amide bonds. The van der Waals surface area contributed by atoms with Gasteiger partial charge in [0.15, 0.2) is 0 Å². The summed E-state index contributed by atoms with van der Waals surface area (Å²) in [6.07, 6.45) is 3.34. The Balaban J connectivity index is 1.61. The number of likely N-dealkylation sites (tertiary alicyclic amines) is 1. The van der Waals surface area contributed by atoms with Crippen LogP contribution >= 0.6 is 0 Å². The molecule has 0 bridgehead atoms. The predicted molar refractivity (Wildman–Crippen MR) is 80.5 cm³/mol. The van der Waals surface area contributed by atoms with Gasteiger partial charge in [-0.1, -0.05) is 19.9 Å². The van der Waals surface area contributed by atoms with E-state index in [1.165, 1.54) is 0 Å². The SMILES string of the molecule is CC(C)c1nnc(C2CCN(C(=O)c3ccccn3)CC2)o1. The molecule has 0 saturated carbocycles. The van der Waals surface area contributed by atoms with Crippen LogP contribution in [0.2, 0.25) is 0 Å². The number of amides is 1. The van der Waals surface area contributed by atoms with Crippen molar-refractivity contribution in [1.82, 2.24) is 20.1 Å². The fourth-order valence-electron chi connectivity index (χ4n) is 2.63. The van der Waals surface area contributed by atoms with E-state index < -0.39 is 0 Å². The number of rotatable bonds is 3. The molecule has 6 heteroatoms. The lowest BCUT2D eigenvalue weighted by atomic mass is 9.96. The van der Waals surface area contributed by atoms with E-state index in [2.05, 4.69) is 15.2 Å². The molecular weight excluding hydrogens is 280 g/mol. The summed E-state index contributed by atoms with van der Waals surface area (Å²) in [4.78, 5) is 18.3. The molecule has 2 aromatic heterocycles. The second-order valence-electron chi connectivity index (χ2n) is 5.91. The largest absolute Gasteiger partial charge is 0.425 e. The van der Waals surface area contributed by atoms with Crippen LogP contribution in [0.15, 0.2) is 28.8 Å². The summed E-state index contributed by atoms with van der Waals surface area (Å²) in [5, 5.41) is 8.24. The number of hydrogen-bond donors (Lipinski definition) is 0. The highest BCUT2D eigenvalue weighted by Gasteiger charge is 2.28. The zero-order valence-electron chi connectivity index (χ0n) is 12.9. The first-order valence-corrected chi connectivity index (χ1v) is 7.68. The lowest BCUT2D eigenvalue weighted by molar-refractivity contribution is 0.0700. The molecule has 0 spiro atoms. The Morgan fingerprint density at radius 1 is 1.27 bits per heavy atom. The third-order valence-corrected chi connectivity index (χ3v) is 3.97. The molecule has 0 aromatic carbocycles. The molecule has 3 heterocycles. The monoisotopic (exact) mass is 300 g/mol. The van der Waals surface area contributed by atoms with Gasteiger partial charge in [0.05, 0.1) is 0 Å². The van der Waals surface area contributed by atoms with Gasteiger partial charge in [-0.2, -0.15) is 0 Å². The van der Waals surface area contributed by atoms with Crippen molar-refractivity contribution in [2.24, 2.45) is 0 Å². The van der Waals surface area contributed by atoms with Gasteiger partial charge in [-0.15, -0.1) is 10.2 Å². The van der Waals surface area contributed by atoms with Crippen LogP contribution < -0.4 is 0 Å². The van der Waals surface area contributed by atoms with Crippen LogP contribution in [-0.2, 0) is 0 Å². The Morgan fingerprint density at radius 2 is 2.05 bits per heavy atom. The minimum atomic E-state index is -0.00699. The number of hydrogen-bond acceptors (Lipinski definition) is 5. The first kappa shape index (κ1) is 14.7. The Kier molecular flexibility index (Phi) is 4.18. The van der Waals surface area contributed by atoms with Crippen LogP contribution in [0.4, 0.5) is 0 Å². The molecule has 0 N–H and O–H groups in total. The van der Waals surface area contributed by atoms with Crippen molar-refractivity contribution in [2.45, 2.75) is 38.5 Å². The van der Waals surface area contributed by atoms with E-state index in [-0.39, 0.29) is 17.7 Å². The average molecular weight is 300 g/mol. The lowest BCUT2D eigenvalue weighted by Crippen LogP contribution is -2.38. The van der Waals surface area contributed by atoms with E-state index in [4.69, 9.17) is 4.42 Å². The van der Waals surface area contributed by atoms with E-state index in [0.717, 1.165) is 12.8 Å². The van der Waals surface area contributed by atoms with Crippen molar-refractivity contribution >= 4 is 5.91 Å². The molecule has 22 heavy (non-hydrogen) atoms. The van der Waals surface area contributed by atoms with Crippen molar-refractivity contribution in [3.05, 3.63) is 41.9 Å². The van der Waals surface area contributed by atoms with E-state index >= 15 is 0 Å². The maximum atomic E-state index is 12.3. The van der Waals surface area contributed by atoms with Crippen LogP contribution in [0, 0.1) is 0 Å². The molecule has 0 radical (unpaired) electrons. The second-order valence-corrected chi connectivity index (χ2v) is 5.91. The zero-order valence-corrected chi connectivity index (χ0v) is 12.9. The Bertz CT molecular complexity index is 631. The minimum Gasteiger partial charge on any atom is -0.425 e. The standard InChI is InChI=1S/C16H20N4O2/c1-11(2)14-18-19-15(22-14)12-6-9-20(10-7-12)16(21)13-5-3-4-8-17-13/h3-5,8,11-12H,6-7,9-10H2,1-2H3. The third kappa shape index (κ3) is 3.00. The van der Waals surface area contributed by atoms with Crippen LogP contribution in [0.1, 0.15) is 60.8 Å². The molecule has 0 aliphatic carbocycles. The minimum absolute atomic E-state index is 0.00699. The van der Waals surface area contributed by atoms with Gasteiger partial charge in [0.25, 0.3) is 5.91 Å². The average Bonchev–Trinajstić information content (AvgIpc) is 3.05. The fourth-order valence-corrected chi connectivity index (χ4v) is 2.63. The maximum Gasteiger partial charge on any atom is 0.272 e. The molecule has 116 valence electrons. The number of nitrogens with zero attached hydrogens (tertiary/aromatic N) is 4. The molecule has 0 unspecified atom stereocenters. The second kappa shape index (κ2) is 6.25. The molecule has 1 aliphatic rings. The van der Waals surface area contributed by atoms with Gasteiger partial charge in [0.2, 0.25) is 11.8 Å². The van der Waals surface area contributed by atoms with E-state index in [1.54, 1.807) is 12.3 Å². The molecule has 3 rings (SSSR count). The summed E-state index contributed by atoms with van der Waals surface area (Å²) >= 11 is 0. The van der Waals surface area contributed by atoms with E-state index in [9.17, 15) is 4.79 Å². The van der Waals surface area contributed by atoms with Gasteiger partial charge in [0, 0.05) is 31.1 Å². The lowest BCUT2D eigenvalue weighted by Gasteiger charge is -2.30. The first-order valence-electron chi connectivity index (χ1n) is 7.68. The normalized spacial score (nSPS) is 16.2. The summed E-state index contributed by atoms with van der Waals surface area (Å²) in [5.41, 5.74) is 0.501. The van der Waals surface area contributed by atoms with Gasteiger partial charge < -0.3 is 9.32 Å². The van der Waals surface area contributed by atoms with Crippen LogP contribution in [0.3, 0.4) is 0 Å². The molecule has 1 aliphatic heterocycles. The van der Waals surface area contributed by atoms with Crippen LogP contribution in [-0.4, -0.2) is 39.1 Å². The predicted octanol–water partition coefficient (Wildman–Crippen LogP) is 2.61. The summed E-state index contributed by atoms with van der Waals surface area (Å²) in [6, 6.07) is 5.39. The fraction of sp³-hybridized carbons (Fsp3) is 0.500. The van der Waals surface area contributed by atoms with Crippen molar-refractivity contribution in [2.75, 3.05) is 13.1 Å². The van der Waals surface area contributed by atoms with Gasteiger partial charge in [-0.25, -0.2) is 0 Å². The van der Waals surface area contributed by atoms with Gasteiger partial charge in [-0.3, -0.25) is 9.78 Å². The Hall–Kier alpha value is -2.24. The van der Waals surface area contributed by atoms with Crippen molar-refractivity contribution in [3.63, 3.8) is 0 Å². The summed E-state index contributed by atoms with van der Waals surface area (Å²) in [5.74, 6) is 1.86. The van der Waals surface area contributed by atoms with Gasteiger partial charge in [-0.05, 0) is 25.0 Å². The van der Waals surface area contributed by atoms with Gasteiger partial charge in [0.1, 0.15) is 5.69 Å². The third-order valence-electron chi connectivity index (χ3n) is 3.97. The number of pyridine rings is 1. The quantitative estimate of drug-likeness (QED) is 0.871. The molecule has 1 fully saturated rings. The van der Waals surface area contributed by atoms with Crippen molar-refractivity contribution in [3.8, 4) is 0 Å². The Labute approximate surface area is 129 Å². The van der Waals surface area contributed by atoms with Crippen LogP contribution in [0.5, 0.6) is 0 Å². The smallest absolute Gasteiger partial charge is 0.272 e. The molecule has 6 nitrogen and oxygen atoms in total. The Morgan fingerprint density at radius 3 is 2.64 bits per heavy atom. The molecular formula is C16H20N4O2. The topological polar surface area (TPSA) is 72.1 Å². The highest BCUT2D eigenvalue weighted by atomic mass is 16.4. The number of carbonyl (C=O) groups is 1. The highest BCUT2D eigenvalue weighted by molar-refractivity contribution is 5.92. The molecule has 1 saturated heterocycles. The molecule has 2 aromatic rings. The van der Waals surface area contributed by atoms with Crippen LogP contribution in [0.25, 0.3) is 0 Å². The van der Waals surface area contributed by atoms with E-state index in [1.807, 2.05) is 30.9 Å². The zero-order chi connectivity index (χ0) is 15.5. The van der Waals surface area contributed by atoms with Crippen molar-refractivity contribution in [1.29, 1.82) is 0 Å². The first-order chi connectivity index (χ1) is 10.6. The highest BCUT2D eigenvalue weighted by Crippen LogP contribution is 2.28. The van der Waals surface area contributed by atoms with Crippen molar-refractivity contribution < 1.29 is 9.21 Å². The molecule has 0 atom stereocenters.